The molecule has 0 aromatic carbocycles. The summed E-state index contributed by atoms with van der Waals surface area (Å²) in [5, 5.41) is 1.17. The van der Waals surface area contributed by atoms with Crippen LogP contribution in [0, 0.1) is 5.41 Å². The Labute approximate surface area is 124 Å². The molecule has 3 rings (SSSR count). The zero-order valence-electron chi connectivity index (χ0n) is 12.0. The summed E-state index contributed by atoms with van der Waals surface area (Å²) in [4.78, 5) is 8.60. The molecule has 0 spiro atoms. The van der Waals surface area contributed by atoms with Crippen LogP contribution >= 0.6 is 23.1 Å². The van der Waals surface area contributed by atoms with Gasteiger partial charge in [-0.1, -0.05) is 25.2 Å². The smallest absolute Gasteiger partial charge is 0.185 e. The lowest BCUT2D eigenvalue weighted by molar-refractivity contribution is 0.282. The minimum atomic E-state index is 0.177. The number of hydrogen-bond donors (Lipinski definition) is 1. The third kappa shape index (κ3) is 2.65. The number of rotatable bonds is 2. The van der Waals surface area contributed by atoms with Gasteiger partial charge in [0.25, 0.3) is 0 Å². The maximum Gasteiger partial charge on any atom is 0.185 e. The van der Waals surface area contributed by atoms with E-state index in [0.29, 0.717) is 11.5 Å². The minimum absolute atomic E-state index is 0.177. The van der Waals surface area contributed by atoms with Gasteiger partial charge in [0.2, 0.25) is 0 Å². The fourth-order valence-corrected chi connectivity index (χ4v) is 5.50. The molecule has 2 heterocycles. The van der Waals surface area contributed by atoms with E-state index in [4.69, 9.17) is 10.7 Å². The van der Waals surface area contributed by atoms with Crippen LogP contribution in [0.3, 0.4) is 0 Å². The molecular weight excluding hydrogens is 274 g/mol. The number of thiazole rings is 1. The molecule has 1 aliphatic heterocycles. The van der Waals surface area contributed by atoms with Gasteiger partial charge in [-0.05, 0) is 30.4 Å². The van der Waals surface area contributed by atoms with Gasteiger partial charge in [-0.25, -0.2) is 4.98 Å². The third-order valence-corrected chi connectivity index (χ3v) is 6.69. The van der Waals surface area contributed by atoms with Gasteiger partial charge in [0.05, 0.1) is 5.69 Å². The second-order valence-electron chi connectivity index (χ2n) is 6.59. The normalized spacial score (nSPS) is 29.3. The summed E-state index contributed by atoms with van der Waals surface area (Å²) in [7, 11) is 2.19. The van der Waals surface area contributed by atoms with Crippen molar-refractivity contribution in [2.24, 2.45) is 11.1 Å². The molecule has 1 fully saturated rings. The van der Waals surface area contributed by atoms with E-state index in [1.54, 1.807) is 0 Å². The number of nitrogens with two attached hydrogens (primary N) is 1. The van der Waals surface area contributed by atoms with Gasteiger partial charge in [-0.3, -0.25) is 0 Å². The van der Waals surface area contributed by atoms with E-state index < -0.39 is 0 Å². The lowest BCUT2D eigenvalue weighted by Gasteiger charge is -2.32. The molecule has 3 nitrogen and oxygen atoms in total. The van der Waals surface area contributed by atoms with Gasteiger partial charge < -0.3 is 10.6 Å². The summed E-state index contributed by atoms with van der Waals surface area (Å²) in [6.45, 7) is 4.60. The topological polar surface area (TPSA) is 42.2 Å². The molecule has 2 unspecified atom stereocenters. The van der Waals surface area contributed by atoms with Crippen molar-refractivity contribution in [2.45, 2.75) is 45.2 Å². The van der Waals surface area contributed by atoms with Crippen molar-refractivity contribution in [3.05, 3.63) is 10.6 Å². The lowest BCUT2D eigenvalue weighted by Crippen LogP contribution is -2.31. The SMILES string of the molecule is CN(c1nc2c(s1)C(N)CC(C)(C)C2)C1CCSC1. The van der Waals surface area contributed by atoms with Crippen LogP contribution in [0.5, 0.6) is 0 Å². The maximum absolute atomic E-state index is 6.34. The fraction of sp³-hybridized carbons (Fsp3) is 0.786. The first-order valence-corrected chi connectivity index (χ1v) is 8.99. The third-order valence-electron chi connectivity index (χ3n) is 4.23. The zero-order valence-corrected chi connectivity index (χ0v) is 13.6. The average Bonchev–Trinajstić information content (AvgIpc) is 2.94. The molecule has 0 amide bonds. The number of anilines is 1. The summed E-state index contributed by atoms with van der Waals surface area (Å²) >= 11 is 3.87. The predicted octanol–water partition coefficient (Wildman–Crippen LogP) is 3.06. The predicted molar refractivity (Wildman–Crippen MR) is 85.3 cm³/mol. The Balaban J connectivity index is 1.85. The highest BCUT2D eigenvalue weighted by molar-refractivity contribution is 7.99. The molecule has 0 radical (unpaired) electrons. The largest absolute Gasteiger partial charge is 0.347 e. The van der Waals surface area contributed by atoms with Crippen LogP contribution in [0.1, 0.15) is 43.3 Å². The first-order valence-electron chi connectivity index (χ1n) is 7.02. The van der Waals surface area contributed by atoms with Gasteiger partial charge in [-0.15, -0.1) is 0 Å². The summed E-state index contributed by atoms with van der Waals surface area (Å²) < 4.78 is 0. The average molecular weight is 297 g/mol. The Morgan fingerprint density at radius 2 is 2.21 bits per heavy atom. The molecule has 0 bridgehead atoms. The molecule has 1 saturated heterocycles. The van der Waals surface area contributed by atoms with E-state index >= 15 is 0 Å². The van der Waals surface area contributed by atoms with Crippen molar-refractivity contribution in [3.8, 4) is 0 Å². The fourth-order valence-electron chi connectivity index (χ4n) is 3.12. The number of fused-ring (bicyclic) bond motifs is 1. The maximum atomic E-state index is 6.34. The van der Waals surface area contributed by atoms with Gasteiger partial charge in [0.1, 0.15) is 0 Å². The Hall–Kier alpha value is -0.260. The second-order valence-corrected chi connectivity index (χ2v) is 8.75. The summed E-state index contributed by atoms with van der Waals surface area (Å²) in [6.07, 6.45) is 3.42. The highest BCUT2D eigenvalue weighted by atomic mass is 32.2. The number of hydrogen-bond acceptors (Lipinski definition) is 5. The quantitative estimate of drug-likeness (QED) is 0.911. The summed E-state index contributed by atoms with van der Waals surface area (Å²) in [6, 6.07) is 0.832. The standard InChI is InChI=1S/C14H23N3S2/c1-14(2)6-10(15)12-11(7-14)16-13(19-12)17(3)9-4-5-18-8-9/h9-10H,4-8,15H2,1-3H3. The van der Waals surface area contributed by atoms with Crippen molar-refractivity contribution < 1.29 is 0 Å². The van der Waals surface area contributed by atoms with Crippen LogP contribution in [0.25, 0.3) is 0 Å². The zero-order chi connectivity index (χ0) is 13.6. The monoisotopic (exact) mass is 297 g/mol. The van der Waals surface area contributed by atoms with Crippen molar-refractivity contribution >= 4 is 28.2 Å². The second kappa shape index (κ2) is 4.93. The van der Waals surface area contributed by atoms with Crippen molar-refractivity contribution in [1.29, 1.82) is 0 Å². The Kier molecular flexibility index (Phi) is 3.56. The molecule has 1 aromatic heterocycles. The molecule has 0 saturated carbocycles. The molecule has 2 atom stereocenters. The molecule has 5 heteroatoms. The van der Waals surface area contributed by atoms with Gasteiger partial charge in [-0.2, -0.15) is 11.8 Å². The minimum Gasteiger partial charge on any atom is -0.347 e. The molecule has 1 aromatic rings. The van der Waals surface area contributed by atoms with Crippen LogP contribution in [0.15, 0.2) is 0 Å². The Morgan fingerprint density at radius 1 is 1.42 bits per heavy atom. The van der Waals surface area contributed by atoms with E-state index in [-0.39, 0.29) is 6.04 Å². The summed E-state index contributed by atoms with van der Waals surface area (Å²) in [5.41, 5.74) is 7.88. The first-order chi connectivity index (χ1) is 8.96. The van der Waals surface area contributed by atoms with E-state index in [2.05, 4.69) is 37.6 Å². The van der Waals surface area contributed by atoms with E-state index in [0.717, 1.165) is 12.8 Å². The van der Waals surface area contributed by atoms with Crippen molar-refractivity contribution in [1.82, 2.24) is 4.98 Å². The van der Waals surface area contributed by atoms with Crippen LogP contribution in [-0.2, 0) is 6.42 Å². The van der Waals surface area contributed by atoms with Crippen LogP contribution in [-0.4, -0.2) is 29.6 Å². The molecule has 2 N–H and O–H groups in total. The van der Waals surface area contributed by atoms with Crippen molar-refractivity contribution in [2.75, 3.05) is 23.5 Å². The van der Waals surface area contributed by atoms with Gasteiger partial charge >= 0.3 is 0 Å². The van der Waals surface area contributed by atoms with Gasteiger partial charge in [0.15, 0.2) is 5.13 Å². The van der Waals surface area contributed by atoms with Crippen LogP contribution in [0.2, 0.25) is 0 Å². The number of thioether (sulfide) groups is 1. The van der Waals surface area contributed by atoms with E-state index in [1.807, 2.05) is 11.3 Å². The lowest BCUT2D eigenvalue weighted by atomic mass is 9.77. The first kappa shape index (κ1) is 13.7. The summed E-state index contributed by atoms with van der Waals surface area (Å²) in [5.74, 6) is 2.52. The molecule has 19 heavy (non-hydrogen) atoms. The van der Waals surface area contributed by atoms with Crippen LogP contribution in [0.4, 0.5) is 5.13 Å². The molecular formula is C14H23N3S2. The Bertz CT molecular complexity index is 463. The number of aromatic nitrogens is 1. The molecule has 106 valence electrons. The van der Waals surface area contributed by atoms with Crippen LogP contribution < -0.4 is 10.6 Å². The molecule has 1 aliphatic carbocycles. The number of nitrogens with zero attached hydrogens (tertiary/aromatic N) is 2. The molecule has 2 aliphatic rings. The van der Waals surface area contributed by atoms with Crippen molar-refractivity contribution in [3.63, 3.8) is 0 Å². The van der Waals surface area contributed by atoms with E-state index in [1.165, 1.54) is 33.6 Å². The van der Waals surface area contributed by atoms with Gasteiger partial charge in [0, 0.05) is 29.8 Å². The highest BCUT2D eigenvalue weighted by Crippen LogP contribution is 2.44. The highest BCUT2D eigenvalue weighted by Gasteiger charge is 2.34. The Morgan fingerprint density at radius 3 is 2.89 bits per heavy atom. The van der Waals surface area contributed by atoms with E-state index in [9.17, 15) is 0 Å².